The smallest absolute Gasteiger partial charge is 0.304 e. The van der Waals surface area contributed by atoms with Crippen LogP contribution in [0.5, 0.6) is 0 Å². The van der Waals surface area contributed by atoms with Crippen LogP contribution in [-0.4, -0.2) is 25.1 Å². The van der Waals surface area contributed by atoms with Crippen LogP contribution in [0.3, 0.4) is 0 Å². The highest BCUT2D eigenvalue weighted by atomic mass is 32.2. The minimum atomic E-state index is -3.69. The normalized spacial score (nSPS) is 10.9. The molecule has 0 radical (unpaired) electrons. The van der Waals surface area contributed by atoms with Crippen molar-refractivity contribution >= 4 is 21.4 Å². The molecule has 0 aliphatic carbocycles. The maximum Gasteiger partial charge on any atom is 0.304 e. The zero-order chi connectivity index (χ0) is 15.3. The molecule has 0 saturated carbocycles. The number of nitrogens with one attached hydrogen (secondary N) is 2. The maximum atomic E-state index is 12.1. The van der Waals surface area contributed by atoms with Crippen molar-refractivity contribution in [3.05, 3.63) is 50.6 Å². The minimum Gasteiger partial charge on any atom is -0.384 e. The Labute approximate surface area is 125 Å². The average Bonchev–Trinajstić information content (AvgIpc) is 2.89. The standard InChI is InChI=1S/C13H12N2O4S2/c16-6-2-4-10-3-1-5-12(7-10)21(18,19)14-8-11-9-20-13(17)15-11/h1,3,5,7,9,14,16H,6,8H2,(H,15,17). The van der Waals surface area contributed by atoms with Crippen LogP contribution in [0.4, 0.5) is 0 Å². The molecule has 0 spiro atoms. The zero-order valence-electron chi connectivity index (χ0n) is 10.8. The molecule has 6 nitrogen and oxygen atoms in total. The maximum absolute atomic E-state index is 12.1. The van der Waals surface area contributed by atoms with Gasteiger partial charge in [-0.25, -0.2) is 13.1 Å². The molecule has 2 aromatic rings. The number of aromatic nitrogens is 1. The van der Waals surface area contributed by atoms with Crippen molar-refractivity contribution in [2.24, 2.45) is 0 Å². The van der Waals surface area contributed by atoms with Crippen LogP contribution in [0, 0.1) is 11.8 Å². The highest BCUT2D eigenvalue weighted by Gasteiger charge is 2.14. The van der Waals surface area contributed by atoms with Gasteiger partial charge in [-0.15, -0.1) is 0 Å². The first kappa shape index (κ1) is 15.5. The van der Waals surface area contributed by atoms with Crippen molar-refractivity contribution in [3.8, 4) is 11.8 Å². The number of rotatable bonds is 4. The van der Waals surface area contributed by atoms with Crippen molar-refractivity contribution in [1.82, 2.24) is 9.71 Å². The minimum absolute atomic E-state index is 0.00756. The third-order valence-corrected chi connectivity index (χ3v) is 4.60. The first-order valence-electron chi connectivity index (χ1n) is 5.87. The predicted octanol–water partition coefficient (Wildman–Crippen LogP) is 0.259. The van der Waals surface area contributed by atoms with E-state index in [0.29, 0.717) is 11.3 Å². The number of hydrogen-bond donors (Lipinski definition) is 3. The van der Waals surface area contributed by atoms with Gasteiger partial charge in [0.15, 0.2) is 0 Å². The van der Waals surface area contributed by atoms with Gasteiger partial charge in [-0.1, -0.05) is 29.2 Å². The zero-order valence-corrected chi connectivity index (χ0v) is 12.4. The monoisotopic (exact) mass is 324 g/mol. The summed E-state index contributed by atoms with van der Waals surface area (Å²) in [5.41, 5.74) is 1.00. The highest BCUT2D eigenvalue weighted by molar-refractivity contribution is 7.89. The summed E-state index contributed by atoms with van der Waals surface area (Å²) in [5, 5.41) is 10.2. The molecule has 0 amide bonds. The van der Waals surface area contributed by atoms with Crippen LogP contribution < -0.4 is 9.60 Å². The summed E-state index contributed by atoms with van der Waals surface area (Å²) >= 11 is 0.974. The third-order valence-electron chi connectivity index (χ3n) is 2.48. The molecule has 1 aromatic heterocycles. The van der Waals surface area contributed by atoms with Gasteiger partial charge in [-0.3, -0.25) is 4.79 Å². The lowest BCUT2D eigenvalue weighted by Crippen LogP contribution is -2.23. The molecule has 8 heteroatoms. The van der Waals surface area contributed by atoms with E-state index < -0.39 is 10.0 Å². The fraction of sp³-hybridized carbons (Fsp3) is 0.154. The van der Waals surface area contributed by atoms with Crippen LogP contribution in [0.1, 0.15) is 11.3 Å². The Hall–Kier alpha value is -1.92. The van der Waals surface area contributed by atoms with Crippen LogP contribution in [0.25, 0.3) is 0 Å². The molecule has 0 aliphatic rings. The van der Waals surface area contributed by atoms with Gasteiger partial charge < -0.3 is 10.1 Å². The van der Waals surface area contributed by atoms with Gasteiger partial charge in [0.25, 0.3) is 0 Å². The van der Waals surface area contributed by atoms with Crippen molar-refractivity contribution < 1.29 is 13.5 Å². The second-order valence-corrected chi connectivity index (χ2v) is 6.59. The summed E-state index contributed by atoms with van der Waals surface area (Å²) in [5.74, 6) is 5.10. The van der Waals surface area contributed by atoms with Crippen LogP contribution in [0.2, 0.25) is 0 Å². The van der Waals surface area contributed by atoms with Crippen molar-refractivity contribution in [3.63, 3.8) is 0 Å². The van der Waals surface area contributed by atoms with Crippen LogP contribution in [-0.2, 0) is 16.6 Å². The van der Waals surface area contributed by atoms with E-state index in [-0.39, 0.29) is 22.9 Å². The number of hydrogen-bond acceptors (Lipinski definition) is 5. The molecule has 2 rings (SSSR count). The van der Waals surface area contributed by atoms with Crippen LogP contribution >= 0.6 is 11.3 Å². The van der Waals surface area contributed by atoms with Crippen molar-refractivity contribution in [2.45, 2.75) is 11.4 Å². The summed E-state index contributed by atoms with van der Waals surface area (Å²) in [7, 11) is -3.69. The Morgan fingerprint density at radius 1 is 1.38 bits per heavy atom. The average molecular weight is 324 g/mol. The second kappa shape index (κ2) is 6.69. The number of aliphatic hydroxyl groups excluding tert-OH is 1. The molecule has 3 N–H and O–H groups in total. The molecule has 1 heterocycles. The van der Waals surface area contributed by atoms with Gasteiger partial charge in [-0.2, -0.15) is 0 Å². The van der Waals surface area contributed by atoms with Gasteiger partial charge in [0.1, 0.15) is 6.61 Å². The summed E-state index contributed by atoms with van der Waals surface area (Å²) in [4.78, 5) is 13.3. The van der Waals surface area contributed by atoms with Gasteiger partial charge in [0, 0.05) is 16.6 Å². The SMILES string of the molecule is O=c1[nH]c(CNS(=O)(=O)c2cccc(C#CCO)c2)cs1. The Balaban J connectivity index is 2.17. The van der Waals surface area contributed by atoms with Crippen molar-refractivity contribution in [2.75, 3.05) is 6.61 Å². The third kappa shape index (κ3) is 4.27. The Morgan fingerprint density at radius 3 is 2.86 bits per heavy atom. The van der Waals surface area contributed by atoms with Crippen LogP contribution in [0.15, 0.2) is 39.3 Å². The second-order valence-electron chi connectivity index (χ2n) is 3.99. The molecule has 0 bridgehead atoms. The topological polar surface area (TPSA) is 99.3 Å². The fourth-order valence-electron chi connectivity index (χ4n) is 1.54. The lowest BCUT2D eigenvalue weighted by molar-refractivity contribution is 0.350. The quantitative estimate of drug-likeness (QED) is 0.702. The highest BCUT2D eigenvalue weighted by Crippen LogP contribution is 2.11. The molecular weight excluding hydrogens is 312 g/mol. The van der Waals surface area contributed by atoms with E-state index in [4.69, 9.17) is 5.11 Å². The van der Waals surface area contributed by atoms with Gasteiger partial charge in [0.2, 0.25) is 10.0 Å². The molecule has 110 valence electrons. The molecule has 0 aliphatic heterocycles. The Morgan fingerprint density at radius 2 is 2.19 bits per heavy atom. The van der Waals surface area contributed by atoms with Gasteiger partial charge >= 0.3 is 4.87 Å². The van der Waals surface area contributed by atoms with Gasteiger partial charge in [0.05, 0.1) is 11.4 Å². The predicted molar refractivity (Wildman–Crippen MR) is 79.4 cm³/mol. The van der Waals surface area contributed by atoms with Crippen molar-refractivity contribution in [1.29, 1.82) is 0 Å². The summed E-state index contributed by atoms with van der Waals surface area (Å²) in [6.07, 6.45) is 0. The number of H-pyrrole nitrogens is 1. The number of aromatic amines is 1. The first-order valence-corrected chi connectivity index (χ1v) is 8.24. The fourth-order valence-corrected chi connectivity index (χ4v) is 3.17. The molecule has 21 heavy (non-hydrogen) atoms. The molecule has 0 saturated heterocycles. The Bertz CT molecular complexity index is 841. The van der Waals surface area contributed by atoms with E-state index >= 15 is 0 Å². The summed E-state index contributed by atoms with van der Waals surface area (Å²) in [6, 6.07) is 6.09. The lowest BCUT2D eigenvalue weighted by Gasteiger charge is -2.06. The van der Waals surface area contributed by atoms with E-state index in [9.17, 15) is 13.2 Å². The Kier molecular flexibility index (Phi) is 4.93. The van der Waals surface area contributed by atoms with E-state index in [1.165, 1.54) is 12.1 Å². The summed E-state index contributed by atoms with van der Waals surface area (Å²) in [6.45, 7) is -0.283. The molecular formula is C13H12N2O4S2. The molecule has 1 aromatic carbocycles. The van der Waals surface area contributed by atoms with E-state index in [1.54, 1.807) is 17.5 Å². The largest absolute Gasteiger partial charge is 0.384 e. The number of aliphatic hydroxyl groups is 1. The van der Waals surface area contributed by atoms with E-state index in [2.05, 4.69) is 21.5 Å². The first-order chi connectivity index (χ1) is 10.0. The summed E-state index contributed by atoms with van der Waals surface area (Å²) < 4.78 is 26.7. The number of sulfonamides is 1. The number of thiazole rings is 1. The molecule has 0 unspecified atom stereocenters. The van der Waals surface area contributed by atoms with E-state index in [1.807, 2.05) is 0 Å². The molecule has 0 atom stereocenters. The lowest BCUT2D eigenvalue weighted by atomic mass is 10.2. The number of benzene rings is 1. The van der Waals surface area contributed by atoms with Gasteiger partial charge in [-0.05, 0) is 18.2 Å². The van der Waals surface area contributed by atoms with E-state index in [0.717, 1.165) is 11.3 Å². The molecule has 0 fully saturated rings.